The monoisotopic (exact) mass is 331 g/mol. The van der Waals surface area contributed by atoms with E-state index >= 15 is 0 Å². The zero-order chi connectivity index (χ0) is 16.6. The van der Waals surface area contributed by atoms with Gasteiger partial charge in [0.2, 0.25) is 0 Å². The van der Waals surface area contributed by atoms with Crippen LogP contribution in [0, 0.1) is 0 Å². The average molecular weight is 331 g/mol. The molecule has 3 N–H and O–H groups in total. The van der Waals surface area contributed by atoms with Gasteiger partial charge in [-0.2, -0.15) is 0 Å². The second kappa shape index (κ2) is 6.00. The molecule has 2 aromatic carbocycles. The Hall–Kier alpha value is -1.83. The molecule has 1 aliphatic heterocycles. The Morgan fingerprint density at radius 3 is 2.78 bits per heavy atom. The van der Waals surface area contributed by atoms with Gasteiger partial charge in [0.25, 0.3) is 0 Å². The summed E-state index contributed by atoms with van der Waals surface area (Å²) in [6.07, 6.45) is 0.594. The van der Waals surface area contributed by atoms with Crippen LogP contribution in [-0.2, 0) is 33.3 Å². The van der Waals surface area contributed by atoms with E-state index in [0.717, 1.165) is 11.1 Å². The minimum atomic E-state index is -3.49. The second-order valence-corrected chi connectivity index (χ2v) is 7.63. The molecule has 0 saturated heterocycles. The summed E-state index contributed by atoms with van der Waals surface area (Å²) in [7, 11) is -4.46. The Labute approximate surface area is 136 Å². The lowest BCUT2D eigenvalue weighted by molar-refractivity contribution is 0.275. The van der Waals surface area contributed by atoms with Gasteiger partial charge in [-0.25, -0.2) is 8.42 Å². The molecule has 0 atom stereocenters. The molecule has 1 heterocycles. The minimum Gasteiger partial charge on any atom is -0.423 e. The minimum absolute atomic E-state index is 0.121. The summed E-state index contributed by atoms with van der Waals surface area (Å²) in [5, 5.41) is 9.75. The second-order valence-electron chi connectivity index (χ2n) is 5.68. The van der Waals surface area contributed by atoms with E-state index in [2.05, 4.69) is 0 Å². The lowest BCUT2D eigenvalue weighted by atomic mass is 9.79. The number of sulfone groups is 1. The van der Waals surface area contributed by atoms with Crippen LogP contribution >= 0.6 is 0 Å². The van der Waals surface area contributed by atoms with Crippen LogP contribution in [0.1, 0.15) is 23.6 Å². The maximum absolute atomic E-state index is 12.7. The summed E-state index contributed by atoms with van der Waals surface area (Å²) < 4.78 is 30.6. The summed E-state index contributed by atoms with van der Waals surface area (Å²) in [5.74, 6) is -0.121. The highest BCUT2D eigenvalue weighted by Gasteiger charge is 2.28. The highest BCUT2D eigenvalue weighted by Crippen LogP contribution is 2.24. The number of rotatable bonds is 4. The molecule has 0 saturated carbocycles. The highest BCUT2D eigenvalue weighted by atomic mass is 32.2. The number of fused-ring (bicyclic) bond motifs is 1. The fourth-order valence-electron chi connectivity index (χ4n) is 2.83. The van der Waals surface area contributed by atoms with Crippen molar-refractivity contribution in [3.63, 3.8) is 0 Å². The predicted octanol–water partition coefficient (Wildman–Crippen LogP) is 1.02. The van der Waals surface area contributed by atoms with Crippen LogP contribution in [0.3, 0.4) is 0 Å². The van der Waals surface area contributed by atoms with Crippen molar-refractivity contribution in [1.29, 1.82) is 0 Å². The van der Waals surface area contributed by atoms with Gasteiger partial charge in [0.1, 0.15) is 0 Å². The molecule has 0 radical (unpaired) electrons. The van der Waals surface area contributed by atoms with E-state index < -0.39 is 17.0 Å². The summed E-state index contributed by atoms with van der Waals surface area (Å²) in [4.78, 5) is 0.312. The van der Waals surface area contributed by atoms with Crippen LogP contribution in [0.4, 0.5) is 5.69 Å². The maximum Gasteiger partial charge on any atom is 0.491 e. The molecule has 120 valence electrons. The molecule has 7 heteroatoms. The number of hydrogen-bond acceptors (Lipinski definition) is 5. The molecule has 0 unspecified atom stereocenters. The van der Waals surface area contributed by atoms with E-state index in [-0.39, 0.29) is 5.75 Å². The van der Waals surface area contributed by atoms with Crippen LogP contribution in [0.15, 0.2) is 41.3 Å². The first-order valence-corrected chi connectivity index (χ1v) is 9.08. The number of benzene rings is 2. The van der Waals surface area contributed by atoms with E-state index in [9.17, 15) is 13.4 Å². The molecule has 0 bridgehead atoms. The topological polar surface area (TPSA) is 89.6 Å². The Bertz CT molecular complexity index is 851. The summed E-state index contributed by atoms with van der Waals surface area (Å²) >= 11 is 0. The van der Waals surface area contributed by atoms with Crippen molar-refractivity contribution in [3.05, 3.63) is 53.1 Å². The Morgan fingerprint density at radius 1 is 1.26 bits per heavy atom. The van der Waals surface area contributed by atoms with Crippen LogP contribution in [-0.4, -0.2) is 20.6 Å². The molecule has 5 nitrogen and oxygen atoms in total. The summed E-state index contributed by atoms with van der Waals surface area (Å²) in [6, 6.07) is 10.1. The average Bonchev–Trinajstić information content (AvgIpc) is 2.87. The third-order valence-electron chi connectivity index (χ3n) is 4.03. The molecular weight excluding hydrogens is 313 g/mol. The standard InChI is InChI=1S/C16H18BNO4S/c1-2-12-8-14(18)5-6-16(12)23(20,21)10-11-3-4-13-9-22-17(19)15(13)7-11/h3-8,19H,2,9-10,18H2,1H3. The third-order valence-corrected chi connectivity index (χ3v) is 5.81. The van der Waals surface area contributed by atoms with Gasteiger partial charge in [-0.05, 0) is 46.8 Å². The first-order chi connectivity index (χ1) is 10.9. The van der Waals surface area contributed by atoms with Crippen molar-refractivity contribution in [2.75, 3.05) is 5.73 Å². The van der Waals surface area contributed by atoms with E-state index in [4.69, 9.17) is 10.4 Å². The molecule has 2 aromatic rings. The quantitative estimate of drug-likeness (QED) is 0.645. The van der Waals surface area contributed by atoms with Crippen LogP contribution in [0.25, 0.3) is 0 Å². The van der Waals surface area contributed by atoms with E-state index in [1.54, 1.807) is 36.4 Å². The molecule has 23 heavy (non-hydrogen) atoms. The number of nitrogens with two attached hydrogens (primary N) is 1. The van der Waals surface area contributed by atoms with Crippen molar-refractivity contribution < 1.29 is 18.1 Å². The lowest BCUT2D eigenvalue weighted by Crippen LogP contribution is -2.28. The van der Waals surface area contributed by atoms with Gasteiger partial charge < -0.3 is 15.4 Å². The van der Waals surface area contributed by atoms with Gasteiger partial charge in [0.15, 0.2) is 9.84 Å². The van der Waals surface area contributed by atoms with Crippen molar-refractivity contribution in [3.8, 4) is 0 Å². The number of hydrogen-bond donors (Lipinski definition) is 2. The molecule has 0 aliphatic carbocycles. The largest absolute Gasteiger partial charge is 0.491 e. The number of anilines is 1. The van der Waals surface area contributed by atoms with Crippen molar-refractivity contribution in [2.45, 2.75) is 30.6 Å². The normalized spacial score (nSPS) is 14.1. The van der Waals surface area contributed by atoms with E-state index in [0.29, 0.717) is 34.6 Å². The smallest absolute Gasteiger partial charge is 0.423 e. The van der Waals surface area contributed by atoms with Gasteiger partial charge in [-0.3, -0.25) is 0 Å². The van der Waals surface area contributed by atoms with Crippen molar-refractivity contribution >= 4 is 28.1 Å². The molecule has 0 amide bonds. The van der Waals surface area contributed by atoms with Crippen molar-refractivity contribution in [1.82, 2.24) is 0 Å². The fraction of sp³-hybridized carbons (Fsp3) is 0.250. The Balaban J connectivity index is 1.95. The first kappa shape index (κ1) is 16.0. The van der Waals surface area contributed by atoms with Gasteiger partial charge in [0, 0.05) is 5.69 Å². The highest BCUT2D eigenvalue weighted by molar-refractivity contribution is 7.90. The van der Waals surface area contributed by atoms with Crippen LogP contribution < -0.4 is 11.2 Å². The van der Waals surface area contributed by atoms with Gasteiger partial charge >= 0.3 is 7.12 Å². The van der Waals surface area contributed by atoms with E-state index in [1.165, 1.54) is 0 Å². The van der Waals surface area contributed by atoms with Crippen molar-refractivity contribution in [2.24, 2.45) is 0 Å². The van der Waals surface area contributed by atoms with Gasteiger partial charge in [-0.1, -0.05) is 25.1 Å². The summed E-state index contributed by atoms with van der Waals surface area (Å²) in [6.45, 7) is 2.25. The Kier molecular flexibility index (Phi) is 4.18. The molecule has 0 fully saturated rings. The number of nitrogen functional groups attached to an aromatic ring is 1. The van der Waals surface area contributed by atoms with Crippen LogP contribution in [0.2, 0.25) is 0 Å². The fourth-order valence-corrected chi connectivity index (χ4v) is 4.48. The van der Waals surface area contributed by atoms with Gasteiger partial charge in [0.05, 0.1) is 17.3 Å². The molecule has 0 aromatic heterocycles. The molecular formula is C16H18BNO4S. The zero-order valence-corrected chi connectivity index (χ0v) is 13.6. The Morgan fingerprint density at radius 2 is 2.04 bits per heavy atom. The molecule has 1 aliphatic rings. The summed E-state index contributed by atoms with van der Waals surface area (Å²) in [5.41, 5.74) is 9.18. The van der Waals surface area contributed by atoms with Crippen LogP contribution in [0.5, 0.6) is 0 Å². The van der Waals surface area contributed by atoms with Gasteiger partial charge in [-0.15, -0.1) is 0 Å². The maximum atomic E-state index is 12.7. The first-order valence-electron chi connectivity index (χ1n) is 7.43. The molecule has 0 spiro atoms. The SMILES string of the molecule is CCc1cc(N)ccc1S(=O)(=O)Cc1ccc2c(c1)B(O)OC2. The number of aryl methyl sites for hydroxylation is 1. The third kappa shape index (κ3) is 3.13. The molecule has 3 rings (SSSR count). The zero-order valence-electron chi connectivity index (χ0n) is 12.8. The predicted molar refractivity (Wildman–Crippen MR) is 90.0 cm³/mol. The van der Waals surface area contributed by atoms with E-state index in [1.807, 2.05) is 6.92 Å². The lowest BCUT2D eigenvalue weighted by Gasteiger charge is -2.11.